The first-order chi connectivity index (χ1) is 9.78. The topological polar surface area (TPSA) is 47.9 Å². The number of ether oxygens (including phenoxy) is 1. The zero-order valence-electron chi connectivity index (χ0n) is 10.7. The third-order valence-corrected chi connectivity index (χ3v) is 3.71. The van der Waals surface area contributed by atoms with Crippen molar-refractivity contribution in [1.29, 1.82) is 0 Å². The molecule has 0 aliphatic carbocycles. The summed E-state index contributed by atoms with van der Waals surface area (Å²) in [6, 6.07) is 11.2. The fourth-order valence-corrected chi connectivity index (χ4v) is 2.54. The molecule has 0 spiro atoms. The number of hydrogen-bond acceptors (Lipinski definition) is 5. The molecule has 0 saturated heterocycles. The molecule has 20 heavy (non-hydrogen) atoms. The van der Waals surface area contributed by atoms with Crippen molar-refractivity contribution in [2.75, 3.05) is 7.11 Å². The lowest BCUT2D eigenvalue weighted by molar-refractivity contribution is -0.136. The first kappa shape index (κ1) is 12.6. The maximum atomic E-state index is 11.8. The highest BCUT2D eigenvalue weighted by Crippen LogP contribution is 2.23. The lowest BCUT2D eigenvalue weighted by atomic mass is 10.0. The van der Waals surface area contributed by atoms with Crippen LogP contribution in [0.15, 0.2) is 52.5 Å². The lowest BCUT2D eigenvalue weighted by Crippen LogP contribution is -2.06. The molecular weight excluding hydrogens is 274 g/mol. The number of nitrogens with zero attached hydrogens (tertiary/aromatic N) is 1. The van der Waals surface area contributed by atoms with E-state index in [1.165, 1.54) is 0 Å². The quantitative estimate of drug-likeness (QED) is 0.643. The van der Waals surface area contributed by atoms with Crippen molar-refractivity contribution in [3.63, 3.8) is 0 Å². The molecule has 3 rings (SSSR count). The van der Waals surface area contributed by atoms with Crippen LogP contribution in [0.1, 0.15) is 10.4 Å². The van der Waals surface area contributed by atoms with E-state index in [-0.39, 0.29) is 0 Å². The predicted octanol–water partition coefficient (Wildman–Crippen LogP) is 3.10. The zero-order chi connectivity index (χ0) is 13.9. The van der Waals surface area contributed by atoms with Gasteiger partial charge in [-0.3, -0.25) is 0 Å². The number of benzene rings is 1. The molecule has 0 fully saturated rings. The fraction of sp³-hybridized carbons (Fsp3) is 0.0667. The van der Waals surface area contributed by atoms with Crippen LogP contribution in [0.3, 0.4) is 0 Å². The van der Waals surface area contributed by atoms with Gasteiger partial charge < -0.3 is 9.57 Å². The molecule has 0 saturated carbocycles. The first-order valence-electron chi connectivity index (χ1n) is 5.97. The van der Waals surface area contributed by atoms with Gasteiger partial charge in [0.15, 0.2) is 0 Å². The van der Waals surface area contributed by atoms with Gasteiger partial charge in [0.2, 0.25) is 0 Å². The van der Waals surface area contributed by atoms with E-state index in [9.17, 15) is 4.79 Å². The Bertz CT molecular complexity index is 684. The van der Waals surface area contributed by atoms with Crippen molar-refractivity contribution in [2.24, 2.45) is 5.16 Å². The van der Waals surface area contributed by atoms with Gasteiger partial charge in [-0.05, 0) is 41.8 Å². The van der Waals surface area contributed by atoms with Crippen LogP contribution >= 0.6 is 11.3 Å². The molecule has 0 atom stereocenters. The minimum atomic E-state index is -0.427. The molecule has 0 amide bonds. The second-order valence-corrected chi connectivity index (χ2v) is 5.10. The molecule has 1 aliphatic rings. The summed E-state index contributed by atoms with van der Waals surface area (Å²) in [5.41, 5.74) is 1.84. The Kier molecular flexibility index (Phi) is 3.35. The van der Waals surface area contributed by atoms with Crippen LogP contribution in [0, 0.1) is 0 Å². The minimum absolute atomic E-state index is 0.427. The molecular formula is C15H11NO3S. The van der Waals surface area contributed by atoms with E-state index >= 15 is 0 Å². The number of thiophene rings is 1. The monoisotopic (exact) mass is 285 g/mol. The van der Waals surface area contributed by atoms with Gasteiger partial charge in [0.25, 0.3) is 0 Å². The highest BCUT2D eigenvalue weighted by molar-refractivity contribution is 7.10. The maximum absolute atomic E-state index is 11.8. The average Bonchev–Trinajstić information content (AvgIpc) is 3.11. The Hall–Kier alpha value is -2.40. The molecule has 1 aromatic heterocycles. The van der Waals surface area contributed by atoms with E-state index in [1.54, 1.807) is 24.5 Å². The normalized spacial score (nSPS) is 16.1. The van der Waals surface area contributed by atoms with E-state index in [2.05, 4.69) is 5.16 Å². The number of carbonyl (C=O) groups is 1. The Morgan fingerprint density at radius 3 is 2.70 bits per heavy atom. The van der Waals surface area contributed by atoms with Gasteiger partial charge in [-0.1, -0.05) is 11.2 Å². The van der Waals surface area contributed by atoms with Crippen molar-refractivity contribution in [2.45, 2.75) is 0 Å². The molecule has 1 aromatic carbocycles. The zero-order valence-corrected chi connectivity index (χ0v) is 11.5. The second kappa shape index (κ2) is 5.30. The Balaban J connectivity index is 1.97. The summed E-state index contributed by atoms with van der Waals surface area (Å²) in [6.07, 6.45) is 1.79. The van der Waals surface area contributed by atoms with E-state index in [0.29, 0.717) is 11.3 Å². The molecule has 0 bridgehead atoms. The summed E-state index contributed by atoms with van der Waals surface area (Å²) in [4.78, 5) is 17.6. The Morgan fingerprint density at radius 2 is 2.05 bits per heavy atom. The summed E-state index contributed by atoms with van der Waals surface area (Å²) in [5, 5.41) is 5.82. The number of hydrogen-bond donors (Lipinski definition) is 0. The first-order valence-corrected chi connectivity index (χ1v) is 6.85. The number of methoxy groups -OCH3 is 1. The third-order valence-electron chi connectivity index (χ3n) is 2.89. The predicted molar refractivity (Wildman–Crippen MR) is 77.9 cm³/mol. The molecule has 100 valence electrons. The van der Waals surface area contributed by atoms with Crippen LogP contribution in [0.2, 0.25) is 0 Å². The maximum Gasteiger partial charge on any atom is 0.368 e. The molecule has 5 heteroatoms. The van der Waals surface area contributed by atoms with Gasteiger partial charge in [-0.15, -0.1) is 11.3 Å². The Labute approximate surface area is 119 Å². The fourth-order valence-electron chi connectivity index (χ4n) is 1.88. The van der Waals surface area contributed by atoms with Crippen molar-refractivity contribution in [3.05, 3.63) is 57.8 Å². The molecule has 0 radical (unpaired) electrons. The van der Waals surface area contributed by atoms with Gasteiger partial charge in [0.05, 0.1) is 12.7 Å². The molecule has 0 unspecified atom stereocenters. The van der Waals surface area contributed by atoms with Gasteiger partial charge in [-0.25, -0.2) is 4.79 Å². The number of carbonyl (C=O) groups excluding carboxylic acids is 1. The molecule has 1 aliphatic heterocycles. The average molecular weight is 285 g/mol. The van der Waals surface area contributed by atoms with Crippen LogP contribution in [-0.4, -0.2) is 18.8 Å². The van der Waals surface area contributed by atoms with Gasteiger partial charge in [0.1, 0.15) is 11.5 Å². The largest absolute Gasteiger partial charge is 0.497 e. The van der Waals surface area contributed by atoms with E-state index in [4.69, 9.17) is 9.57 Å². The molecule has 2 heterocycles. The van der Waals surface area contributed by atoms with Gasteiger partial charge in [0, 0.05) is 10.4 Å². The standard InChI is InChI=1S/C15H11NO3S/c1-18-11-6-4-10(5-7-11)14-13(15(17)19-16-14)9-12-3-2-8-20-12/h2-9H,1H3/b13-9-. The SMILES string of the molecule is COc1ccc(C2=NOC(=O)/C2=C\c2cccs2)cc1. The van der Waals surface area contributed by atoms with Crippen molar-refractivity contribution in [1.82, 2.24) is 0 Å². The number of rotatable bonds is 3. The van der Waals surface area contributed by atoms with E-state index in [1.807, 2.05) is 41.8 Å². The minimum Gasteiger partial charge on any atom is -0.497 e. The second-order valence-electron chi connectivity index (χ2n) is 4.12. The van der Waals surface area contributed by atoms with Crippen molar-refractivity contribution in [3.8, 4) is 5.75 Å². The van der Waals surface area contributed by atoms with E-state index < -0.39 is 5.97 Å². The molecule has 0 N–H and O–H groups in total. The summed E-state index contributed by atoms with van der Waals surface area (Å²) in [5.74, 6) is 0.326. The smallest absolute Gasteiger partial charge is 0.368 e. The summed E-state index contributed by atoms with van der Waals surface area (Å²) >= 11 is 1.56. The van der Waals surface area contributed by atoms with Crippen LogP contribution in [-0.2, 0) is 9.63 Å². The molecule has 4 nitrogen and oxygen atoms in total. The van der Waals surface area contributed by atoms with E-state index in [0.717, 1.165) is 16.2 Å². The molecule has 2 aromatic rings. The summed E-state index contributed by atoms with van der Waals surface area (Å²) in [7, 11) is 1.61. The van der Waals surface area contributed by atoms with Crippen LogP contribution in [0.5, 0.6) is 5.75 Å². The Morgan fingerprint density at radius 1 is 1.25 bits per heavy atom. The summed E-state index contributed by atoms with van der Waals surface area (Å²) in [6.45, 7) is 0. The van der Waals surface area contributed by atoms with Crippen molar-refractivity contribution < 1.29 is 14.4 Å². The van der Waals surface area contributed by atoms with Gasteiger partial charge >= 0.3 is 5.97 Å². The van der Waals surface area contributed by atoms with Gasteiger partial charge in [-0.2, -0.15) is 0 Å². The van der Waals surface area contributed by atoms with Crippen LogP contribution in [0.4, 0.5) is 0 Å². The van der Waals surface area contributed by atoms with Crippen LogP contribution < -0.4 is 4.74 Å². The van der Waals surface area contributed by atoms with Crippen LogP contribution in [0.25, 0.3) is 6.08 Å². The summed E-state index contributed by atoms with van der Waals surface area (Å²) < 4.78 is 5.11. The highest BCUT2D eigenvalue weighted by atomic mass is 32.1. The highest BCUT2D eigenvalue weighted by Gasteiger charge is 2.26. The number of oxime groups is 1. The van der Waals surface area contributed by atoms with Crippen molar-refractivity contribution >= 4 is 29.1 Å². The lowest BCUT2D eigenvalue weighted by Gasteiger charge is -2.02. The third kappa shape index (κ3) is 2.35.